The summed E-state index contributed by atoms with van der Waals surface area (Å²) in [6.45, 7) is 4.00. The molecular weight excluding hydrogens is 418 g/mol. The molecular formula is C26H28ClN5. The van der Waals surface area contributed by atoms with E-state index in [0.29, 0.717) is 5.15 Å². The molecule has 5 nitrogen and oxygen atoms in total. The van der Waals surface area contributed by atoms with Gasteiger partial charge in [-0.25, -0.2) is 15.0 Å². The van der Waals surface area contributed by atoms with Crippen molar-refractivity contribution in [2.24, 2.45) is 0 Å². The second-order valence-corrected chi connectivity index (χ2v) is 8.05. The van der Waals surface area contributed by atoms with E-state index in [4.69, 9.17) is 11.6 Å². The highest BCUT2D eigenvalue weighted by atomic mass is 35.5. The summed E-state index contributed by atoms with van der Waals surface area (Å²) in [5.74, 6) is 0.862. The molecule has 1 aliphatic carbocycles. The Morgan fingerprint density at radius 2 is 1.69 bits per heavy atom. The Hall–Kier alpha value is -3.18. The lowest BCUT2D eigenvalue weighted by Gasteiger charge is -2.43. The third-order valence-electron chi connectivity index (χ3n) is 5.97. The summed E-state index contributed by atoms with van der Waals surface area (Å²) in [7, 11) is 1.84. The molecule has 0 spiro atoms. The molecule has 4 aromatic rings. The summed E-state index contributed by atoms with van der Waals surface area (Å²) in [5.41, 5.74) is 4.98. The minimum absolute atomic E-state index is 0.0698. The number of nitrogens with zero attached hydrogens (tertiary/aromatic N) is 3. The molecule has 6 heteroatoms. The first kappa shape index (κ1) is 22.0. The average molecular weight is 446 g/mol. The lowest BCUT2D eigenvalue weighted by molar-refractivity contribution is 0.284. The van der Waals surface area contributed by atoms with Gasteiger partial charge in [-0.1, -0.05) is 61.8 Å². The number of benzene rings is 2. The normalized spacial score (nSPS) is 14.1. The van der Waals surface area contributed by atoms with Crippen molar-refractivity contribution < 1.29 is 0 Å². The van der Waals surface area contributed by atoms with Crippen LogP contribution in [0.1, 0.15) is 38.7 Å². The first-order valence-corrected chi connectivity index (χ1v) is 11.5. The van der Waals surface area contributed by atoms with E-state index < -0.39 is 0 Å². The van der Waals surface area contributed by atoms with Crippen LogP contribution in [0.15, 0.2) is 67.1 Å². The predicted octanol–water partition coefficient (Wildman–Crippen LogP) is 6.90. The molecule has 0 bridgehead atoms. The van der Waals surface area contributed by atoms with E-state index in [2.05, 4.69) is 68.1 Å². The van der Waals surface area contributed by atoms with Gasteiger partial charge in [0.05, 0.1) is 16.7 Å². The molecule has 0 saturated heterocycles. The first-order valence-electron chi connectivity index (χ1n) is 11.1. The maximum atomic E-state index is 6.15. The molecule has 164 valence electrons. The molecule has 1 saturated carbocycles. The van der Waals surface area contributed by atoms with Gasteiger partial charge in [0.1, 0.15) is 12.1 Å². The van der Waals surface area contributed by atoms with Crippen molar-refractivity contribution in [3.8, 4) is 11.1 Å². The van der Waals surface area contributed by atoms with Crippen LogP contribution in [-0.4, -0.2) is 22.0 Å². The summed E-state index contributed by atoms with van der Waals surface area (Å²) in [5, 5.41) is 8.31. The number of pyridine rings is 1. The lowest BCUT2D eigenvalue weighted by Crippen LogP contribution is -2.42. The molecule has 1 fully saturated rings. The monoisotopic (exact) mass is 445 g/mol. The Morgan fingerprint density at radius 3 is 2.38 bits per heavy atom. The van der Waals surface area contributed by atoms with E-state index >= 15 is 0 Å². The van der Waals surface area contributed by atoms with Crippen molar-refractivity contribution in [3.63, 3.8) is 0 Å². The molecule has 5 rings (SSSR count). The maximum absolute atomic E-state index is 6.15. The lowest BCUT2D eigenvalue weighted by atomic mass is 9.72. The van der Waals surface area contributed by atoms with Gasteiger partial charge in [0, 0.05) is 24.2 Å². The quantitative estimate of drug-likeness (QED) is 0.327. The number of anilines is 2. The van der Waals surface area contributed by atoms with Crippen LogP contribution in [0, 0.1) is 0 Å². The van der Waals surface area contributed by atoms with E-state index in [1.54, 1.807) is 12.5 Å². The minimum atomic E-state index is -0.0698. The van der Waals surface area contributed by atoms with E-state index in [1.165, 1.54) is 12.0 Å². The van der Waals surface area contributed by atoms with Crippen LogP contribution in [-0.2, 0) is 5.54 Å². The Morgan fingerprint density at radius 1 is 0.906 bits per heavy atom. The highest BCUT2D eigenvalue weighted by Gasteiger charge is 2.39. The summed E-state index contributed by atoms with van der Waals surface area (Å²) < 4.78 is 0. The SMILES string of the molecule is CC.CNc1cc(-c2ccc3ncnc(NC4(c5ccccc5)CCC4)c3c2)cnc1Cl. The second kappa shape index (κ2) is 9.53. The van der Waals surface area contributed by atoms with Crippen molar-refractivity contribution >= 4 is 34.0 Å². The number of hydrogen-bond acceptors (Lipinski definition) is 5. The van der Waals surface area contributed by atoms with Crippen LogP contribution < -0.4 is 10.6 Å². The first-order chi connectivity index (χ1) is 15.7. The zero-order chi connectivity index (χ0) is 22.6. The zero-order valence-electron chi connectivity index (χ0n) is 18.7. The van der Waals surface area contributed by atoms with Crippen LogP contribution in [0.4, 0.5) is 11.5 Å². The molecule has 2 heterocycles. The zero-order valence-corrected chi connectivity index (χ0v) is 19.4. The third-order valence-corrected chi connectivity index (χ3v) is 6.27. The van der Waals surface area contributed by atoms with E-state index in [-0.39, 0.29) is 5.54 Å². The molecule has 0 atom stereocenters. The fourth-order valence-corrected chi connectivity index (χ4v) is 4.31. The maximum Gasteiger partial charge on any atom is 0.152 e. The van der Waals surface area contributed by atoms with Crippen molar-refractivity contribution in [1.82, 2.24) is 15.0 Å². The number of hydrogen-bond donors (Lipinski definition) is 2. The molecule has 32 heavy (non-hydrogen) atoms. The summed E-state index contributed by atoms with van der Waals surface area (Å²) in [4.78, 5) is 13.4. The van der Waals surface area contributed by atoms with Crippen LogP contribution in [0.2, 0.25) is 5.15 Å². The fourth-order valence-electron chi connectivity index (χ4n) is 4.12. The largest absolute Gasteiger partial charge is 0.386 e. The third kappa shape index (κ3) is 4.13. The second-order valence-electron chi connectivity index (χ2n) is 7.69. The van der Waals surface area contributed by atoms with Gasteiger partial charge in [-0.2, -0.15) is 0 Å². The summed E-state index contributed by atoms with van der Waals surface area (Å²) in [6, 6.07) is 18.9. The Labute approximate surface area is 194 Å². The van der Waals surface area contributed by atoms with Gasteiger partial charge < -0.3 is 10.6 Å². The van der Waals surface area contributed by atoms with E-state index in [9.17, 15) is 0 Å². The smallest absolute Gasteiger partial charge is 0.152 e. The molecule has 0 amide bonds. The predicted molar refractivity (Wildman–Crippen MR) is 134 cm³/mol. The Kier molecular flexibility index (Phi) is 6.56. The van der Waals surface area contributed by atoms with Crippen LogP contribution in [0.3, 0.4) is 0 Å². The van der Waals surface area contributed by atoms with Gasteiger partial charge in [-0.05, 0) is 48.6 Å². The number of nitrogens with one attached hydrogen (secondary N) is 2. The van der Waals surface area contributed by atoms with Crippen LogP contribution >= 0.6 is 11.6 Å². The minimum Gasteiger partial charge on any atom is -0.386 e. The summed E-state index contributed by atoms with van der Waals surface area (Å²) in [6.07, 6.45) is 6.81. The standard InChI is InChI=1S/C24H22ClN5.C2H6/c1-26-21-13-17(14-27-22(21)25)16-8-9-20-19(12-16)23(29-15-28-20)30-24(10-5-11-24)18-6-3-2-4-7-18;1-2/h2-4,6-9,12-15,26H,5,10-11H2,1H3,(H,28,29,30);1-2H3. The number of fused-ring (bicyclic) bond motifs is 1. The molecule has 2 N–H and O–H groups in total. The van der Waals surface area contributed by atoms with Gasteiger partial charge >= 0.3 is 0 Å². The highest BCUT2D eigenvalue weighted by molar-refractivity contribution is 6.32. The molecule has 0 radical (unpaired) electrons. The average Bonchev–Trinajstić information content (AvgIpc) is 2.83. The molecule has 0 unspecified atom stereocenters. The van der Waals surface area contributed by atoms with Crippen molar-refractivity contribution in [3.05, 3.63) is 77.8 Å². The van der Waals surface area contributed by atoms with Crippen molar-refractivity contribution in [1.29, 1.82) is 0 Å². The van der Waals surface area contributed by atoms with E-state index in [0.717, 1.165) is 46.4 Å². The van der Waals surface area contributed by atoms with Crippen molar-refractivity contribution in [2.75, 3.05) is 17.7 Å². The summed E-state index contributed by atoms with van der Waals surface area (Å²) >= 11 is 6.15. The molecule has 0 aliphatic heterocycles. The van der Waals surface area contributed by atoms with Gasteiger partial charge in [0.2, 0.25) is 0 Å². The molecule has 1 aliphatic rings. The molecule has 2 aromatic carbocycles. The molecule has 2 aromatic heterocycles. The number of aromatic nitrogens is 3. The van der Waals surface area contributed by atoms with Gasteiger partial charge in [-0.15, -0.1) is 0 Å². The number of rotatable bonds is 5. The van der Waals surface area contributed by atoms with Gasteiger partial charge in [0.25, 0.3) is 0 Å². The number of halogens is 1. The topological polar surface area (TPSA) is 62.7 Å². The highest BCUT2D eigenvalue weighted by Crippen LogP contribution is 2.44. The Balaban J connectivity index is 0.00000119. The Bertz CT molecular complexity index is 1210. The van der Waals surface area contributed by atoms with E-state index in [1.807, 2.05) is 33.0 Å². The fraction of sp³-hybridized carbons (Fsp3) is 0.269. The van der Waals surface area contributed by atoms with Gasteiger partial charge in [-0.3, -0.25) is 0 Å². The van der Waals surface area contributed by atoms with Gasteiger partial charge in [0.15, 0.2) is 5.15 Å². The van der Waals surface area contributed by atoms with Crippen LogP contribution in [0.25, 0.3) is 22.0 Å². The van der Waals surface area contributed by atoms with Crippen LogP contribution in [0.5, 0.6) is 0 Å². The van der Waals surface area contributed by atoms with Crippen molar-refractivity contribution in [2.45, 2.75) is 38.6 Å².